The van der Waals surface area contributed by atoms with E-state index in [9.17, 15) is 14.9 Å². The molecule has 1 aromatic rings. The molecule has 102 valence electrons. The van der Waals surface area contributed by atoms with Gasteiger partial charge in [-0.2, -0.15) is 0 Å². The first kappa shape index (κ1) is 14.0. The van der Waals surface area contributed by atoms with Crippen LogP contribution in [0, 0.1) is 16.0 Å². The minimum atomic E-state index is -0.488. The van der Waals surface area contributed by atoms with Crippen LogP contribution in [0.3, 0.4) is 0 Å². The molecule has 19 heavy (non-hydrogen) atoms. The zero-order valence-corrected chi connectivity index (χ0v) is 11.9. The van der Waals surface area contributed by atoms with Crippen molar-refractivity contribution in [2.75, 3.05) is 11.9 Å². The zero-order chi connectivity index (χ0) is 14.0. The van der Waals surface area contributed by atoms with Crippen molar-refractivity contribution in [3.05, 3.63) is 32.8 Å². The molecule has 1 heterocycles. The van der Waals surface area contributed by atoms with E-state index in [4.69, 9.17) is 0 Å². The summed E-state index contributed by atoms with van der Waals surface area (Å²) in [6.07, 6.45) is 0.953. The lowest BCUT2D eigenvalue weighted by atomic mass is 10.0. The Bertz CT molecular complexity index is 521. The number of nitrogens with zero attached hydrogens (tertiary/aromatic N) is 1. The van der Waals surface area contributed by atoms with Gasteiger partial charge in [0.1, 0.15) is 0 Å². The predicted molar refractivity (Wildman–Crippen MR) is 75.0 cm³/mol. The third kappa shape index (κ3) is 3.10. The van der Waals surface area contributed by atoms with Gasteiger partial charge in [-0.15, -0.1) is 0 Å². The first-order chi connectivity index (χ1) is 8.99. The monoisotopic (exact) mass is 327 g/mol. The smallest absolute Gasteiger partial charge is 0.271 e. The van der Waals surface area contributed by atoms with Gasteiger partial charge >= 0.3 is 0 Å². The van der Waals surface area contributed by atoms with E-state index in [0.29, 0.717) is 10.2 Å². The Hall–Kier alpha value is -1.47. The molecule has 0 bridgehead atoms. The Kier molecular flexibility index (Phi) is 4.16. The lowest BCUT2D eigenvalue weighted by Crippen LogP contribution is -2.39. The molecule has 1 aliphatic rings. The van der Waals surface area contributed by atoms with Gasteiger partial charge in [0.15, 0.2) is 0 Å². The number of carbonyl (C=O) groups is 1. The summed E-state index contributed by atoms with van der Waals surface area (Å²) in [5, 5.41) is 16.6. The molecule has 2 unspecified atom stereocenters. The number of amides is 1. The van der Waals surface area contributed by atoms with Crippen molar-refractivity contribution in [1.29, 1.82) is 0 Å². The van der Waals surface area contributed by atoms with Crippen LogP contribution >= 0.6 is 15.9 Å². The summed E-state index contributed by atoms with van der Waals surface area (Å²) in [6, 6.07) is 4.04. The molecule has 0 aliphatic carbocycles. The molecule has 0 saturated carbocycles. The lowest BCUT2D eigenvalue weighted by molar-refractivity contribution is -0.384. The van der Waals surface area contributed by atoms with Crippen molar-refractivity contribution in [2.45, 2.75) is 19.4 Å². The van der Waals surface area contributed by atoms with Gasteiger partial charge in [-0.25, -0.2) is 0 Å². The van der Waals surface area contributed by atoms with Crippen LogP contribution in [-0.4, -0.2) is 23.4 Å². The molecular formula is C12H14BrN3O3. The summed E-state index contributed by atoms with van der Waals surface area (Å²) in [4.78, 5) is 22.3. The number of halogens is 1. The summed E-state index contributed by atoms with van der Waals surface area (Å²) in [7, 11) is 0. The van der Waals surface area contributed by atoms with E-state index >= 15 is 0 Å². The molecule has 2 rings (SSSR count). The lowest BCUT2D eigenvalue weighted by Gasteiger charge is -2.16. The van der Waals surface area contributed by atoms with Gasteiger partial charge in [-0.1, -0.05) is 6.92 Å². The fraction of sp³-hybridized carbons (Fsp3) is 0.417. The fourth-order valence-electron chi connectivity index (χ4n) is 2.12. The van der Waals surface area contributed by atoms with Gasteiger partial charge in [0.05, 0.1) is 16.7 Å². The Labute approximate surface area is 118 Å². The molecule has 0 spiro atoms. The molecule has 1 fully saturated rings. The van der Waals surface area contributed by atoms with Gasteiger partial charge in [-0.05, 0) is 40.9 Å². The fourth-order valence-corrected chi connectivity index (χ4v) is 2.46. The Morgan fingerprint density at radius 2 is 2.32 bits per heavy atom. The maximum absolute atomic E-state index is 12.1. The first-order valence-electron chi connectivity index (χ1n) is 5.97. The number of hydrogen-bond acceptors (Lipinski definition) is 4. The number of anilines is 1. The topological polar surface area (TPSA) is 84.3 Å². The van der Waals surface area contributed by atoms with Gasteiger partial charge in [0.2, 0.25) is 5.91 Å². The second kappa shape index (κ2) is 5.66. The molecular weight excluding hydrogens is 314 g/mol. The van der Waals surface area contributed by atoms with Gasteiger partial charge in [0, 0.05) is 16.6 Å². The average Bonchev–Trinajstić information content (AvgIpc) is 2.78. The minimum Gasteiger partial charge on any atom is -0.323 e. The highest BCUT2D eigenvalue weighted by Crippen LogP contribution is 2.28. The zero-order valence-electron chi connectivity index (χ0n) is 10.4. The number of nitrogens with one attached hydrogen (secondary N) is 2. The number of rotatable bonds is 3. The highest BCUT2D eigenvalue weighted by Gasteiger charge is 2.29. The summed E-state index contributed by atoms with van der Waals surface area (Å²) in [6.45, 7) is 2.82. The van der Waals surface area contributed by atoms with Crippen LogP contribution in [0.25, 0.3) is 0 Å². The Morgan fingerprint density at radius 1 is 1.58 bits per heavy atom. The largest absolute Gasteiger partial charge is 0.323 e. The van der Waals surface area contributed by atoms with Crippen molar-refractivity contribution in [1.82, 2.24) is 5.32 Å². The summed E-state index contributed by atoms with van der Waals surface area (Å²) >= 11 is 3.27. The number of nitro benzene ring substituents is 1. The van der Waals surface area contributed by atoms with E-state index < -0.39 is 4.92 Å². The molecule has 7 heteroatoms. The van der Waals surface area contributed by atoms with E-state index in [2.05, 4.69) is 26.6 Å². The van der Waals surface area contributed by atoms with Crippen LogP contribution in [0.1, 0.15) is 13.3 Å². The number of benzene rings is 1. The van der Waals surface area contributed by atoms with Crippen LogP contribution in [0.4, 0.5) is 11.4 Å². The molecule has 2 atom stereocenters. The van der Waals surface area contributed by atoms with Crippen molar-refractivity contribution >= 4 is 33.2 Å². The molecule has 1 aromatic carbocycles. The SMILES string of the molecule is CC1CCNC1C(=O)Nc1cc([N+](=O)[O-])ccc1Br. The Morgan fingerprint density at radius 3 is 2.89 bits per heavy atom. The second-order valence-corrected chi connectivity index (χ2v) is 5.46. The van der Waals surface area contributed by atoms with Crippen molar-refractivity contribution in [3.8, 4) is 0 Å². The summed E-state index contributed by atoms with van der Waals surface area (Å²) in [5.74, 6) is 0.101. The molecule has 1 aliphatic heterocycles. The normalized spacial score (nSPS) is 22.2. The van der Waals surface area contributed by atoms with E-state index in [-0.39, 0.29) is 23.6 Å². The van der Waals surface area contributed by atoms with E-state index in [1.165, 1.54) is 12.1 Å². The maximum Gasteiger partial charge on any atom is 0.271 e. The van der Waals surface area contributed by atoms with E-state index in [1.807, 2.05) is 6.92 Å². The maximum atomic E-state index is 12.1. The quantitative estimate of drug-likeness (QED) is 0.659. The van der Waals surface area contributed by atoms with Gasteiger partial charge < -0.3 is 10.6 Å². The van der Waals surface area contributed by atoms with Crippen molar-refractivity contribution < 1.29 is 9.72 Å². The predicted octanol–water partition coefficient (Wildman–Crippen LogP) is 2.29. The molecule has 1 saturated heterocycles. The van der Waals surface area contributed by atoms with Gasteiger partial charge in [-0.3, -0.25) is 14.9 Å². The van der Waals surface area contributed by atoms with Gasteiger partial charge in [0.25, 0.3) is 5.69 Å². The number of hydrogen-bond donors (Lipinski definition) is 2. The summed E-state index contributed by atoms with van der Waals surface area (Å²) < 4.78 is 0.622. The van der Waals surface area contributed by atoms with E-state index in [1.54, 1.807) is 6.07 Å². The first-order valence-corrected chi connectivity index (χ1v) is 6.76. The minimum absolute atomic E-state index is 0.0501. The number of carbonyl (C=O) groups excluding carboxylic acids is 1. The van der Waals surface area contributed by atoms with Crippen molar-refractivity contribution in [3.63, 3.8) is 0 Å². The van der Waals surface area contributed by atoms with Crippen LogP contribution in [0.15, 0.2) is 22.7 Å². The van der Waals surface area contributed by atoms with Crippen molar-refractivity contribution in [2.24, 2.45) is 5.92 Å². The third-order valence-electron chi connectivity index (χ3n) is 3.23. The standard InChI is InChI=1S/C12H14BrN3O3/c1-7-4-5-14-11(7)12(17)15-10-6-8(16(18)19)2-3-9(10)13/h2-3,6-7,11,14H,4-5H2,1H3,(H,15,17). The van der Waals surface area contributed by atoms with Crippen LogP contribution in [0.5, 0.6) is 0 Å². The number of non-ortho nitro benzene ring substituents is 1. The molecule has 0 radical (unpaired) electrons. The van der Waals surface area contributed by atoms with E-state index in [0.717, 1.165) is 13.0 Å². The second-order valence-electron chi connectivity index (χ2n) is 4.61. The molecule has 6 nitrogen and oxygen atoms in total. The van der Waals surface area contributed by atoms with Crippen LogP contribution < -0.4 is 10.6 Å². The average molecular weight is 328 g/mol. The highest BCUT2D eigenvalue weighted by atomic mass is 79.9. The van der Waals surface area contributed by atoms with Crippen LogP contribution in [-0.2, 0) is 4.79 Å². The number of nitro groups is 1. The Balaban J connectivity index is 2.16. The highest BCUT2D eigenvalue weighted by molar-refractivity contribution is 9.10. The molecule has 1 amide bonds. The summed E-state index contributed by atoms with van der Waals surface area (Å²) in [5.41, 5.74) is 0.367. The molecule has 0 aromatic heterocycles. The third-order valence-corrected chi connectivity index (χ3v) is 3.93. The molecule has 2 N–H and O–H groups in total. The van der Waals surface area contributed by atoms with Crippen LogP contribution in [0.2, 0.25) is 0 Å².